The van der Waals surface area contributed by atoms with Gasteiger partial charge in [-0.1, -0.05) is 67.8 Å². The number of nitrogens with two attached hydrogens (primary N) is 1. The van der Waals surface area contributed by atoms with Crippen molar-refractivity contribution in [3.63, 3.8) is 0 Å². The van der Waals surface area contributed by atoms with Gasteiger partial charge in [0.15, 0.2) is 0 Å². The Morgan fingerprint density at radius 1 is 0.960 bits per heavy atom. The fourth-order valence-corrected chi connectivity index (χ4v) is 3.58. The summed E-state index contributed by atoms with van der Waals surface area (Å²) in [6, 6.07) is 17.5. The van der Waals surface area contributed by atoms with E-state index < -0.39 is 12.1 Å². The van der Waals surface area contributed by atoms with Crippen LogP contribution in [0.15, 0.2) is 54.6 Å². The summed E-state index contributed by atoms with van der Waals surface area (Å²) in [5, 5.41) is 10.7. The van der Waals surface area contributed by atoms with E-state index in [1.165, 1.54) is 19.3 Å². The molecule has 0 saturated heterocycles. The van der Waals surface area contributed by atoms with Crippen molar-refractivity contribution in [3.05, 3.63) is 65.7 Å². The highest BCUT2D eigenvalue weighted by atomic mass is 35.5. The Kier molecular flexibility index (Phi) is 7.76. The van der Waals surface area contributed by atoms with E-state index in [9.17, 15) is 5.11 Å². The molecule has 3 rings (SSSR count). The monoisotopic (exact) mass is 361 g/mol. The average Bonchev–Trinajstić information content (AvgIpc) is 2.67. The Bertz CT molecular complexity index is 629. The van der Waals surface area contributed by atoms with Crippen LogP contribution in [0.4, 0.5) is 0 Å². The normalized spacial score (nSPS) is 17.4. The number of ether oxygens (including phenoxy) is 1. The Labute approximate surface area is 156 Å². The third kappa shape index (κ3) is 5.21. The van der Waals surface area contributed by atoms with Crippen molar-refractivity contribution in [2.45, 2.75) is 50.9 Å². The molecule has 0 radical (unpaired) electrons. The maximum atomic E-state index is 10.7. The quantitative estimate of drug-likeness (QED) is 0.788. The summed E-state index contributed by atoms with van der Waals surface area (Å²) in [5.74, 6) is 1.07. The zero-order chi connectivity index (χ0) is 16.8. The van der Waals surface area contributed by atoms with Crippen molar-refractivity contribution >= 4 is 12.4 Å². The fourth-order valence-electron chi connectivity index (χ4n) is 3.58. The Morgan fingerprint density at radius 3 is 2.32 bits per heavy atom. The first-order valence-corrected chi connectivity index (χ1v) is 8.95. The van der Waals surface area contributed by atoms with Gasteiger partial charge in [-0.25, -0.2) is 0 Å². The highest BCUT2D eigenvalue weighted by Crippen LogP contribution is 2.34. The molecule has 1 aliphatic carbocycles. The number of halogens is 1. The molecule has 0 amide bonds. The number of aliphatic hydroxyl groups is 1. The lowest BCUT2D eigenvalue weighted by atomic mass is 9.81. The zero-order valence-electron chi connectivity index (χ0n) is 14.5. The zero-order valence-corrected chi connectivity index (χ0v) is 15.3. The molecule has 0 bridgehead atoms. The highest BCUT2D eigenvalue weighted by Gasteiger charge is 2.29. The van der Waals surface area contributed by atoms with Gasteiger partial charge in [-0.2, -0.15) is 0 Å². The second-order valence-corrected chi connectivity index (χ2v) is 6.73. The summed E-state index contributed by atoms with van der Waals surface area (Å²) in [5.41, 5.74) is 8.42. The van der Waals surface area contributed by atoms with E-state index in [4.69, 9.17) is 10.5 Å². The average molecular weight is 362 g/mol. The van der Waals surface area contributed by atoms with Crippen LogP contribution >= 0.6 is 12.4 Å². The van der Waals surface area contributed by atoms with Gasteiger partial charge in [-0.05, 0) is 30.4 Å². The highest BCUT2D eigenvalue weighted by molar-refractivity contribution is 5.85. The minimum absolute atomic E-state index is 0. The molecule has 2 aromatic carbocycles. The van der Waals surface area contributed by atoms with Crippen LogP contribution in [-0.2, 0) is 6.61 Å². The fraction of sp³-hybridized carbons (Fsp3) is 0.429. The van der Waals surface area contributed by atoms with Gasteiger partial charge in [0.2, 0.25) is 0 Å². The number of benzene rings is 2. The van der Waals surface area contributed by atoms with Crippen molar-refractivity contribution in [1.82, 2.24) is 0 Å². The third-order valence-electron chi connectivity index (χ3n) is 5.02. The van der Waals surface area contributed by atoms with E-state index in [1.807, 2.05) is 54.6 Å². The summed E-state index contributed by atoms with van der Waals surface area (Å²) in [4.78, 5) is 0. The molecular weight excluding hydrogens is 334 g/mol. The first-order chi connectivity index (χ1) is 11.8. The molecule has 1 aliphatic rings. The van der Waals surface area contributed by atoms with Crippen LogP contribution in [0.2, 0.25) is 0 Å². The van der Waals surface area contributed by atoms with Crippen LogP contribution in [0.3, 0.4) is 0 Å². The van der Waals surface area contributed by atoms with Crippen LogP contribution in [0.1, 0.15) is 49.3 Å². The van der Waals surface area contributed by atoms with Crippen LogP contribution in [0.5, 0.6) is 5.75 Å². The van der Waals surface area contributed by atoms with Crippen molar-refractivity contribution in [3.8, 4) is 5.75 Å². The van der Waals surface area contributed by atoms with Crippen LogP contribution in [0.25, 0.3) is 0 Å². The molecular formula is C21H28ClNO2. The van der Waals surface area contributed by atoms with Crippen molar-refractivity contribution < 1.29 is 9.84 Å². The molecule has 2 atom stereocenters. The van der Waals surface area contributed by atoms with Gasteiger partial charge in [0.05, 0.1) is 12.1 Å². The van der Waals surface area contributed by atoms with Gasteiger partial charge in [-0.15, -0.1) is 12.4 Å². The number of hydrogen-bond acceptors (Lipinski definition) is 3. The summed E-state index contributed by atoms with van der Waals surface area (Å²) in [7, 11) is 0. The van der Waals surface area contributed by atoms with E-state index in [1.54, 1.807) is 0 Å². The molecule has 0 aliphatic heterocycles. The molecule has 0 unspecified atom stereocenters. The van der Waals surface area contributed by atoms with Gasteiger partial charge in [0.25, 0.3) is 0 Å². The first-order valence-electron chi connectivity index (χ1n) is 8.95. The number of aliphatic hydroxyl groups excluding tert-OH is 1. The third-order valence-corrected chi connectivity index (χ3v) is 5.02. The van der Waals surface area contributed by atoms with Crippen molar-refractivity contribution in [2.24, 2.45) is 11.7 Å². The second kappa shape index (κ2) is 9.81. The predicted octanol–water partition coefficient (Wildman–Crippen LogP) is 4.63. The minimum atomic E-state index is -0.508. The molecule has 0 spiro atoms. The summed E-state index contributed by atoms with van der Waals surface area (Å²) in [6.07, 6.45) is 5.30. The van der Waals surface area contributed by atoms with Gasteiger partial charge < -0.3 is 15.6 Å². The maximum Gasteiger partial charge on any atom is 0.124 e. The number of hydrogen-bond donors (Lipinski definition) is 2. The van der Waals surface area contributed by atoms with E-state index >= 15 is 0 Å². The van der Waals surface area contributed by atoms with E-state index in [0.717, 1.165) is 29.7 Å². The molecule has 1 saturated carbocycles. The second-order valence-electron chi connectivity index (χ2n) is 6.73. The van der Waals surface area contributed by atoms with Crippen LogP contribution in [-0.4, -0.2) is 11.2 Å². The summed E-state index contributed by atoms with van der Waals surface area (Å²) in [6.45, 7) is 0.504. The molecule has 4 heteroatoms. The van der Waals surface area contributed by atoms with E-state index in [0.29, 0.717) is 12.5 Å². The standard InChI is InChI=1S/C21H27NO2.ClH/c22-20(21(23)17-11-5-2-6-12-17)18-13-7-8-14-19(18)24-15-16-9-3-1-4-10-16;/h1,3-4,7-10,13-14,17,20-21,23H,2,5-6,11-12,15,22H2;1H/t20-,21+;/m0./s1. The van der Waals surface area contributed by atoms with Crippen LogP contribution in [0, 0.1) is 5.92 Å². The number of rotatable bonds is 6. The van der Waals surface area contributed by atoms with Crippen molar-refractivity contribution in [2.75, 3.05) is 0 Å². The van der Waals surface area contributed by atoms with E-state index in [2.05, 4.69) is 0 Å². The lowest BCUT2D eigenvalue weighted by Crippen LogP contribution is -2.34. The Balaban J connectivity index is 0.00000225. The molecule has 0 aromatic heterocycles. The van der Waals surface area contributed by atoms with Crippen LogP contribution < -0.4 is 10.5 Å². The summed E-state index contributed by atoms with van der Waals surface area (Å²) < 4.78 is 5.99. The van der Waals surface area contributed by atoms with Gasteiger partial charge in [0.1, 0.15) is 12.4 Å². The van der Waals surface area contributed by atoms with Gasteiger partial charge in [0, 0.05) is 5.56 Å². The molecule has 3 nitrogen and oxygen atoms in total. The molecule has 25 heavy (non-hydrogen) atoms. The molecule has 3 N–H and O–H groups in total. The SMILES string of the molecule is Cl.N[C@@H](c1ccccc1OCc1ccccc1)[C@H](O)C1CCCCC1. The van der Waals surface area contributed by atoms with Gasteiger partial charge >= 0.3 is 0 Å². The first kappa shape index (κ1) is 19.8. The maximum absolute atomic E-state index is 10.7. The molecule has 1 fully saturated rings. The molecule has 0 heterocycles. The lowest BCUT2D eigenvalue weighted by Gasteiger charge is -2.31. The van der Waals surface area contributed by atoms with E-state index in [-0.39, 0.29) is 12.4 Å². The molecule has 2 aromatic rings. The largest absolute Gasteiger partial charge is 0.489 e. The Morgan fingerprint density at radius 2 is 1.60 bits per heavy atom. The predicted molar refractivity (Wildman–Crippen MR) is 104 cm³/mol. The lowest BCUT2D eigenvalue weighted by molar-refractivity contribution is 0.0608. The topological polar surface area (TPSA) is 55.5 Å². The molecule has 136 valence electrons. The number of para-hydroxylation sites is 1. The Hall–Kier alpha value is -1.55. The van der Waals surface area contributed by atoms with Crippen molar-refractivity contribution in [1.29, 1.82) is 0 Å². The summed E-state index contributed by atoms with van der Waals surface area (Å²) >= 11 is 0. The smallest absolute Gasteiger partial charge is 0.124 e. The minimum Gasteiger partial charge on any atom is -0.489 e. The van der Waals surface area contributed by atoms with Gasteiger partial charge in [-0.3, -0.25) is 0 Å².